The van der Waals surface area contributed by atoms with E-state index in [0.717, 1.165) is 10.0 Å². The number of hydrogen-bond donors (Lipinski definition) is 1. The van der Waals surface area contributed by atoms with Crippen molar-refractivity contribution in [3.63, 3.8) is 0 Å². The largest absolute Gasteiger partial charge is 0.438 e. The van der Waals surface area contributed by atoms with Gasteiger partial charge in [0.2, 0.25) is 0 Å². The van der Waals surface area contributed by atoms with E-state index < -0.39 is 23.4 Å². The maximum Gasteiger partial charge on any atom is 0.438 e. The van der Waals surface area contributed by atoms with Crippen LogP contribution < -0.4 is 9.88 Å². The van der Waals surface area contributed by atoms with Gasteiger partial charge in [-0.3, -0.25) is 4.79 Å². The lowest BCUT2D eigenvalue weighted by atomic mass is 10.1. The van der Waals surface area contributed by atoms with Crippen molar-refractivity contribution in [1.82, 2.24) is 0 Å². The van der Waals surface area contributed by atoms with E-state index >= 15 is 0 Å². The third-order valence-electron chi connectivity index (χ3n) is 4.14. The van der Waals surface area contributed by atoms with Crippen LogP contribution in [0.4, 0.5) is 18.9 Å². The molecule has 1 N–H and O–H groups in total. The molecule has 2 aromatic carbocycles. The Bertz CT molecular complexity index is 1030. The van der Waals surface area contributed by atoms with Crippen molar-refractivity contribution in [1.29, 1.82) is 0 Å². The number of alkyl halides is 3. The first-order valence-corrected chi connectivity index (χ1v) is 9.47. The summed E-state index contributed by atoms with van der Waals surface area (Å²) in [6.07, 6.45) is -1.90. The number of aryl methyl sites for hydroxylation is 1. The zero-order valence-electron chi connectivity index (χ0n) is 15.4. The molecule has 3 aromatic rings. The van der Waals surface area contributed by atoms with Crippen LogP contribution in [-0.4, -0.2) is 12.0 Å². The van der Waals surface area contributed by atoms with Crippen LogP contribution in [0.5, 0.6) is 0 Å². The van der Waals surface area contributed by atoms with E-state index in [1.54, 1.807) is 42.5 Å². The summed E-state index contributed by atoms with van der Waals surface area (Å²) in [6.45, 7) is 1.82. The maximum atomic E-state index is 14.1. The number of pyridine rings is 1. The molecule has 0 aliphatic carbocycles. The average molecular weight is 462 g/mol. The number of carbonyl (C=O) groups is 1. The number of benzene rings is 2. The van der Waals surface area contributed by atoms with Crippen molar-refractivity contribution >= 4 is 33.1 Å². The standard InChI is InChI=1S/C22H16BrF3N2O/c1-15-11-13-28(14-12-15)19(20(29)16-5-3-2-4-6-16)21(22(24,25)26)27-18-9-7-17(23)8-10-18/h2-14H,1H3/p+1. The van der Waals surface area contributed by atoms with Crippen molar-refractivity contribution in [2.75, 3.05) is 5.32 Å². The third kappa shape index (κ3) is 5.12. The lowest BCUT2D eigenvalue weighted by Crippen LogP contribution is -2.40. The molecule has 148 valence electrons. The summed E-state index contributed by atoms with van der Waals surface area (Å²) in [5.41, 5.74) is -0.405. The minimum absolute atomic E-state index is 0.162. The number of nitrogens with one attached hydrogen (secondary N) is 1. The molecule has 0 saturated carbocycles. The highest BCUT2D eigenvalue weighted by molar-refractivity contribution is 9.10. The summed E-state index contributed by atoms with van der Waals surface area (Å²) in [7, 11) is 0. The van der Waals surface area contributed by atoms with Gasteiger partial charge in [0.1, 0.15) is 0 Å². The average Bonchev–Trinajstić information content (AvgIpc) is 2.70. The fourth-order valence-electron chi connectivity index (χ4n) is 2.68. The molecule has 0 atom stereocenters. The predicted octanol–water partition coefficient (Wildman–Crippen LogP) is 5.77. The molecular formula is C22H17BrF3N2O+. The van der Waals surface area contributed by atoms with Crippen molar-refractivity contribution in [2.24, 2.45) is 0 Å². The highest BCUT2D eigenvalue weighted by atomic mass is 79.9. The van der Waals surface area contributed by atoms with Crippen LogP contribution in [0.3, 0.4) is 0 Å². The Morgan fingerprint density at radius 1 is 0.931 bits per heavy atom. The summed E-state index contributed by atoms with van der Waals surface area (Å²) < 4.78 is 44.2. The number of allylic oxidation sites excluding steroid dienone is 2. The Morgan fingerprint density at radius 3 is 2.07 bits per heavy atom. The van der Waals surface area contributed by atoms with Gasteiger partial charge in [0.15, 0.2) is 18.1 Å². The monoisotopic (exact) mass is 461 g/mol. The number of ketones is 1. The molecule has 7 heteroatoms. The van der Waals surface area contributed by atoms with E-state index in [4.69, 9.17) is 0 Å². The van der Waals surface area contributed by atoms with Gasteiger partial charge in [-0.2, -0.15) is 17.7 Å². The van der Waals surface area contributed by atoms with E-state index in [1.807, 2.05) is 6.92 Å². The molecule has 29 heavy (non-hydrogen) atoms. The summed E-state index contributed by atoms with van der Waals surface area (Å²) in [5.74, 6) is -0.739. The summed E-state index contributed by atoms with van der Waals surface area (Å²) in [4.78, 5) is 13.1. The summed E-state index contributed by atoms with van der Waals surface area (Å²) in [6, 6.07) is 17.4. The first-order chi connectivity index (χ1) is 13.8. The van der Waals surface area contributed by atoms with Crippen molar-refractivity contribution in [3.05, 3.63) is 100 Å². The molecule has 0 aliphatic heterocycles. The number of aromatic nitrogens is 1. The predicted molar refractivity (Wildman–Crippen MR) is 109 cm³/mol. The Morgan fingerprint density at radius 2 is 1.52 bits per heavy atom. The topological polar surface area (TPSA) is 33.0 Å². The fourth-order valence-corrected chi connectivity index (χ4v) is 2.94. The van der Waals surface area contributed by atoms with Crippen molar-refractivity contribution in [3.8, 4) is 0 Å². The Hall–Kier alpha value is -2.93. The van der Waals surface area contributed by atoms with E-state index in [1.165, 1.54) is 41.2 Å². The SMILES string of the molecule is Cc1cc[n+](C(C(=O)c2ccccc2)=C(Nc2ccc(Br)cc2)C(F)(F)F)cc1. The number of halogens is 4. The van der Waals surface area contributed by atoms with Crippen LogP contribution in [0.15, 0.2) is 89.3 Å². The van der Waals surface area contributed by atoms with Gasteiger partial charge in [0.25, 0.3) is 11.5 Å². The van der Waals surface area contributed by atoms with Crippen molar-refractivity contribution < 1.29 is 22.5 Å². The third-order valence-corrected chi connectivity index (χ3v) is 4.67. The number of Topliss-reactive ketones (excluding diaryl/α,β-unsaturated/α-hetero) is 1. The lowest BCUT2D eigenvalue weighted by Gasteiger charge is -2.16. The zero-order valence-corrected chi connectivity index (χ0v) is 17.0. The van der Waals surface area contributed by atoms with Gasteiger partial charge < -0.3 is 5.32 Å². The number of rotatable bonds is 5. The molecule has 0 amide bonds. The highest BCUT2D eigenvalue weighted by Crippen LogP contribution is 2.31. The molecule has 0 saturated heterocycles. The second-order valence-electron chi connectivity index (χ2n) is 6.33. The van der Waals surface area contributed by atoms with Crippen LogP contribution in [0.25, 0.3) is 5.70 Å². The molecule has 1 aromatic heterocycles. The maximum absolute atomic E-state index is 14.1. The Labute approximate surface area is 174 Å². The van der Waals surface area contributed by atoms with Gasteiger partial charge in [0.05, 0.1) is 0 Å². The van der Waals surface area contributed by atoms with Gasteiger partial charge in [-0.1, -0.05) is 46.3 Å². The molecule has 0 spiro atoms. The van der Waals surface area contributed by atoms with Crippen LogP contribution in [0, 0.1) is 6.92 Å². The number of anilines is 1. The molecule has 0 fully saturated rings. The van der Waals surface area contributed by atoms with Crippen LogP contribution in [0.1, 0.15) is 15.9 Å². The lowest BCUT2D eigenvalue weighted by molar-refractivity contribution is -0.578. The fraction of sp³-hybridized carbons (Fsp3) is 0.0909. The number of hydrogen-bond acceptors (Lipinski definition) is 2. The second-order valence-corrected chi connectivity index (χ2v) is 7.25. The van der Waals surface area contributed by atoms with E-state index in [-0.39, 0.29) is 11.3 Å². The van der Waals surface area contributed by atoms with Gasteiger partial charge in [-0.25, -0.2) is 0 Å². The number of nitrogens with zero attached hydrogens (tertiary/aromatic N) is 1. The van der Waals surface area contributed by atoms with Gasteiger partial charge in [0, 0.05) is 27.9 Å². The summed E-state index contributed by atoms with van der Waals surface area (Å²) in [5, 5.41) is 2.40. The first kappa shape index (κ1) is 20.8. The van der Waals surface area contributed by atoms with Crippen molar-refractivity contribution in [2.45, 2.75) is 13.1 Å². The molecule has 0 radical (unpaired) electrons. The Balaban J connectivity index is 2.22. The highest BCUT2D eigenvalue weighted by Gasteiger charge is 2.43. The van der Waals surface area contributed by atoms with E-state index in [9.17, 15) is 18.0 Å². The Kier molecular flexibility index (Phi) is 6.17. The molecule has 0 aliphatic rings. The van der Waals surface area contributed by atoms with Gasteiger partial charge in [-0.05, 0) is 36.8 Å². The minimum Gasteiger partial charge on any atom is -0.346 e. The van der Waals surface area contributed by atoms with Crippen LogP contribution in [-0.2, 0) is 0 Å². The van der Waals surface area contributed by atoms with E-state index in [0.29, 0.717) is 0 Å². The minimum atomic E-state index is -4.79. The molecule has 0 unspecified atom stereocenters. The molecule has 3 rings (SSSR count). The smallest absolute Gasteiger partial charge is 0.346 e. The molecular weight excluding hydrogens is 445 g/mol. The van der Waals surface area contributed by atoms with Crippen LogP contribution >= 0.6 is 15.9 Å². The zero-order chi connectivity index (χ0) is 21.0. The number of carbonyl (C=O) groups excluding carboxylic acids is 1. The molecule has 0 bridgehead atoms. The van der Waals surface area contributed by atoms with Crippen LogP contribution in [0.2, 0.25) is 0 Å². The second kappa shape index (κ2) is 8.61. The quantitative estimate of drug-likeness (QED) is 0.297. The summed E-state index contributed by atoms with van der Waals surface area (Å²) >= 11 is 3.26. The molecule has 3 nitrogen and oxygen atoms in total. The van der Waals surface area contributed by atoms with E-state index in [2.05, 4.69) is 21.2 Å². The molecule has 1 heterocycles. The van der Waals surface area contributed by atoms with Gasteiger partial charge >= 0.3 is 6.18 Å². The normalized spacial score (nSPS) is 12.3. The van der Waals surface area contributed by atoms with Gasteiger partial charge in [-0.15, -0.1) is 0 Å². The first-order valence-electron chi connectivity index (χ1n) is 8.68.